The van der Waals surface area contributed by atoms with Crippen LogP contribution in [-0.4, -0.2) is 15.6 Å². The van der Waals surface area contributed by atoms with Gasteiger partial charge in [0.1, 0.15) is 0 Å². The quantitative estimate of drug-likeness (QED) is 0.368. The highest BCUT2D eigenvalue weighted by atomic mass is 79.9. The van der Waals surface area contributed by atoms with E-state index >= 15 is 0 Å². The number of hydrogen-bond donors (Lipinski definition) is 1. The van der Waals surface area contributed by atoms with E-state index in [1.165, 1.54) is 11.8 Å². The monoisotopic (exact) mass is 543 g/mol. The van der Waals surface area contributed by atoms with Gasteiger partial charge in [-0.1, -0.05) is 31.9 Å². The predicted molar refractivity (Wildman–Crippen MR) is 133 cm³/mol. The maximum atomic E-state index is 12.5. The predicted octanol–water partition coefficient (Wildman–Crippen LogP) is 6.82. The molecule has 1 saturated heterocycles. The lowest BCUT2D eigenvalue weighted by Crippen LogP contribution is -2.19. The number of rotatable bonds is 3. The SMILES string of the molecule is Cc1cc(Br)ccc1N=C1NC(=O)/C(=C/c2cc(C)n(-c3ccc(Br)cc3)c2C)S1. The summed E-state index contributed by atoms with van der Waals surface area (Å²) in [4.78, 5) is 17.8. The lowest BCUT2D eigenvalue weighted by Gasteiger charge is -2.09. The van der Waals surface area contributed by atoms with E-state index in [0.29, 0.717) is 10.1 Å². The van der Waals surface area contributed by atoms with Crippen LogP contribution in [0.5, 0.6) is 0 Å². The molecule has 1 N–H and O–H groups in total. The Morgan fingerprint density at radius 2 is 1.70 bits per heavy atom. The van der Waals surface area contributed by atoms with Gasteiger partial charge in [0.25, 0.3) is 5.91 Å². The molecule has 1 amide bonds. The third kappa shape index (κ3) is 4.33. The van der Waals surface area contributed by atoms with Crippen molar-refractivity contribution in [1.82, 2.24) is 9.88 Å². The Labute approximate surface area is 196 Å². The summed E-state index contributed by atoms with van der Waals surface area (Å²) in [5.74, 6) is -0.123. The second kappa shape index (κ2) is 8.57. The van der Waals surface area contributed by atoms with Crippen LogP contribution in [0.4, 0.5) is 5.69 Å². The summed E-state index contributed by atoms with van der Waals surface area (Å²) in [5.41, 5.74) is 6.20. The minimum absolute atomic E-state index is 0.123. The van der Waals surface area contributed by atoms with E-state index < -0.39 is 0 Å². The highest BCUT2D eigenvalue weighted by Crippen LogP contribution is 2.32. The fourth-order valence-corrected chi connectivity index (χ4v) is 4.96. The number of aromatic nitrogens is 1. The summed E-state index contributed by atoms with van der Waals surface area (Å²) in [5, 5.41) is 3.47. The normalized spacial score (nSPS) is 16.5. The number of benzene rings is 2. The van der Waals surface area contributed by atoms with Crippen molar-refractivity contribution in [2.45, 2.75) is 20.8 Å². The standard InChI is InChI=1S/C23H19Br2N3OS/c1-13-10-18(25)6-9-20(13)26-23-27-22(29)21(30-23)12-16-11-14(2)28(15(16)3)19-7-4-17(24)5-8-19/h4-12H,1-3H3,(H,26,27,29)/b21-12-. The molecule has 2 aromatic carbocycles. The zero-order valence-corrected chi connectivity index (χ0v) is 20.7. The molecular formula is C23H19Br2N3OS. The summed E-state index contributed by atoms with van der Waals surface area (Å²) >= 11 is 8.31. The van der Waals surface area contributed by atoms with Crippen molar-refractivity contribution >= 4 is 66.5 Å². The average molecular weight is 545 g/mol. The van der Waals surface area contributed by atoms with Gasteiger partial charge in [-0.05, 0) is 98.3 Å². The van der Waals surface area contributed by atoms with E-state index in [0.717, 1.165) is 42.8 Å². The lowest BCUT2D eigenvalue weighted by molar-refractivity contribution is -0.115. The number of thioether (sulfide) groups is 1. The van der Waals surface area contributed by atoms with E-state index in [2.05, 4.69) is 78.8 Å². The summed E-state index contributed by atoms with van der Waals surface area (Å²) < 4.78 is 4.24. The topological polar surface area (TPSA) is 46.4 Å². The molecule has 0 atom stereocenters. The number of halogens is 2. The molecule has 0 aliphatic carbocycles. The van der Waals surface area contributed by atoms with Crippen molar-refractivity contribution in [3.63, 3.8) is 0 Å². The Balaban J connectivity index is 1.64. The van der Waals surface area contributed by atoms with Gasteiger partial charge in [0.05, 0.1) is 10.6 Å². The molecule has 7 heteroatoms. The Bertz CT molecular complexity index is 1210. The first kappa shape index (κ1) is 21.2. The summed E-state index contributed by atoms with van der Waals surface area (Å²) in [6.45, 7) is 6.14. The molecule has 30 heavy (non-hydrogen) atoms. The van der Waals surface area contributed by atoms with Gasteiger partial charge in [-0.3, -0.25) is 4.79 Å². The molecule has 2 heterocycles. The molecule has 4 nitrogen and oxygen atoms in total. The average Bonchev–Trinajstić information content (AvgIpc) is 3.17. The van der Waals surface area contributed by atoms with Crippen molar-refractivity contribution in [3.8, 4) is 5.69 Å². The molecule has 1 aliphatic heterocycles. The second-order valence-electron chi connectivity index (χ2n) is 7.05. The van der Waals surface area contributed by atoms with E-state index in [1.54, 1.807) is 0 Å². The first-order valence-electron chi connectivity index (χ1n) is 9.32. The summed E-state index contributed by atoms with van der Waals surface area (Å²) in [6.07, 6.45) is 1.94. The number of aryl methyl sites for hydroxylation is 2. The molecule has 1 aliphatic rings. The third-order valence-corrected chi connectivity index (χ3v) is 6.81. The lowest BCUT2D eigenvalue weighted by atomic mass is 10.2. The van der Waals surface area contributed by atoms with Gasteiger partial charge in [-0.15, -0.1) is 0 Å². The number of amides is 1. The van der Waals surface area contributed by atoms with Crippen molar-refractivity contribution in [2.24, 2.45) is 4.99 Å². The summed E-state index contributed by atoms with van der Waals surface area (Å²) in [7, 11) is 0. The Morgan fingerprint density at radius 3 is 2.40 bits per heavy atom. The Morgan fingerprint density at radius 1 is 1.00 bits per heavy atom. The molecule has 1 fully saturated rings. The maximum Gasteiger partial charge on any atom is 0.264 e. The van der Waals surface area contributed by atoms with Crippen LogP contribution in [0.25, 0.3) is 11.8 Å². The van der Waals surface area contributed by atoms with E-state index in [1.807, 2.05) is 43.3 Å². The smallest absolute Gasteiger partial charge is 0.264 e. The van der Waals surface area contributed by atoms with Gasteiger partial charge < -0.3 is 9.88 Å². The number of aliphatic imine (C=N–C) groups is 1. The molecule has 152 valence electrons. The zero-order valence-electron chi connectivity index (χ0n) is 16.7. The molecule has 1 aromatic heterocycles. The van der Waals surface area contributed by atoms with Gasteiger partial charge >= 0.3 is 0 Å². The van der Waals surface area contributed by atoms with Gasteiger partial charge in [-0.25, -0.2) is 4.99 Å². The fraction of sp³-hybridized carbons (Fsp3) is 0.130. The zero-order chi connectivity index (χ0) is 21.4. The molecular weight excluding hydrogens is 526 g/mol. The van der Waals surface area contributed by atoms with Crippen molar-refractivity contribution in [2.75, 3.05) is 0 Å². The number of nitrogens with zero attached hydrogens (tertiary/aromatic N) is 2. The third-order valence-electron chi connectivity index (χ3n) is 4.87. The van der Waals surface area contributed by atoms with Crippen LogP contribution in [0.3, 0.4) is 0 Å². The molecule has 0 bridgehead atoms. The highest BCUT2D eigenvalue weighted by Gasteiger charge is 2.25. The van der Waals surface area contributed by atoms with Crippen LogP contribution >= 0.6 is 43.6 Å². The van der Waals surface area contributed by atoms with Crippen molar-refractivity contribution in [3.05, 3.63) is 84.9 Å². The minimum Gasteiger partial charge on any atom is -0.318 e. The first-order valence-corrected chi connectivity index (χ1v) is 11.7. The van der Waals surface area contributed by atoms with Crippen molar-refractivity contribution < 1.29 is 4.79 Å². The van der Waals surface area contributed by atoms with Gasteiger partial charge in [0, 0.05) is 26.0 Å². The van der Waals surface area contributed by atoms with Gasteiger partial charge in [-0.2, -0.15) is 0 Å². The molecule has 0 unspecified atom stereocenters. The molecule has 0 saturated carbocycles. The molecule has 3 aromatic rings. The van der Waals surface area contributed by atoms with Crippen LogP contribution < -0.4 is 5.32 Å². The number of hydrogen-bond acceptors (Lipinski definition) is 3. The van der Waals surface area contributed by atoms with Crippen LogP contribution in [0, 0.1) is 20.8 Å². The van der Waals surface area contributed by atoms with Crippen molar-refractivity contribution in [1.29, 1.82) is 0 Å². The van der Waals surface area contributed by atoms with E-state index in [-0.39, 0.29) is 5.91 Å². The first-order chi connectivity index (χ1) is 14.3. The van der Waals surface area contributed by atoms with Crippen LogP contribution in [-0.2, 0) is 4.79 Å². The van der Waals surface area contributed by atoms with E-state index in [4.69, 9.17) is 0 Å². The number of carbonyl (C=O) groups excluding carboxylic acids is 1. The van der Waals surface area contributed by atoms with Gasteiger partial charge in [0.2, 0.25) is 0 Å². The van der Waals surface area contributed by atoms with E-state index in [9.17, 15) is 4.79 Å². The molecule has 0 radical (unpaired) electrons. The molecule has 0 spiro atoms. The highest BCUT2D eigenvalue weighted by molar-refractivity contribution is 9.10. The second-order valence-corrected chi connectivity index (χ2v) is 9.91. The number of nitrogens with one attached hydrogen (secondary N) is 1. The van der Waals surface area contributed by atoms with Gasteiger partial charge in [0.15, 0.2) is 5.17 Å². The number of amidine groups is 1. The Hall–Kier alpha value is -2.09. The van der Waals surface area contributed by atoms with Crippen LogP contribution in [0.15, 0.2) is 67.4 Å². The van der Waals surface area contributed by atoms with Crippen LogP contribution in [0.2, 0.25) is 0 Å². The molecule has 4 rings (SSSR count). The fourth-order valence-electron chi connectivity index (χ4n) is 3.40. The maximum absolute atomic E-state index is 12.5. The summed E-state index contributed by atoms with van der Waals surface area (Å²) in [6, 6.07) is 16.2. The number of carbonyl (C=O) groups is 1. The van der Waals surface area contributed by atoms with Crippen LogP contribution in [0.1, 0.15) is 22.5 Å². The largest absolute Gasteiger partial charge is 0.318 e. The minimum atomic E-state index is -0.123. The Kier molecular flexibility index (Phi) is 6.04.